The van der Waals surface area contributed by atoms with Crippen LogP contribution >= 0.6 is 23.2 Å². The van der Waals surface area contributed by atoms with Gasteiger partial charge in [0.1, 0.15) is 0 Å². The summed E-state index contributed by atoms with van der Waals surface area (Å²) in [7, 11) is 0. The first-order valence-corrected chi connectivity index (χ1v) is 6.90. The molecule has 2 aromatic rings. The molecule has 0 aromatic heterocycles. The molecule has 0 bridgehead atoms. The van der Waals surface area contributed by atoms with Gasteiger partial charge < -0.3 is 0 Å². The maximum Gasteiger partial charge on any atom is 0.260 e. The van der Waals surface area contributed by atoms with Crippen molar-refractivity contribution in [2.75, 3.05) is 0 Å². The summed E-state index contributed by atoms with van der Waals surface area (Å²) in [6, 6.07) is 12.4. The average molecular weight is 315 g/mol. The van der Waals surface area contributed by atoms with E-state index in [0.717, 1.165) is 11.1 Å². The largest absolute Gasteiger partial charge is 0.260 e. The molecule has 0 saturated carbocycles. The lowest BCUT2D eigenvalue weighted by molar-refractivity contribution is 0.0883. The van der Waals surface area contributed by atoms with Gasteiger partial charge in [-0.15, -0.1) is 0 Å². The van der Waals surface area contributed by atoms with E-state index in [2.05, 4.69) is 0 Å². The van der Waals surface area contributed by atoms with Crippen molar-refractivity contribution in [2.45, 2.75) is 24.1 Å². The van der Waals surface area contributed by atoms with Crippen LogP contribution in [0.1, 0.15) is 22.3 Å². The molecule has 0 aliphatic rings. The predicted molar refractivity (Wildman–Crippen MR) is 79.6 cm³/mol. The molecule has 0 amide bonds. The smallest absolute Gasteiger partial charge is 0.215 e. The lowest BCUT2D eigenvalue weighted by Crippen LogP contribution is -2.33. The zero-order valence-electron chi connectivity index (χ0n) is 11.1. The van der Waals surface area contributed by atoms with Gasteiger partial charge in [0, 0.05) is 11.1 Å². The fourth-order valence-corrected chi connectivity index (χ4v) is 2.36. The first-order chi connectivity index (χ1) is 9.25. The van der Waals surface area contributed by atoms with E-state index in [1.54, 1.807) is 24.3 Å². The van der Waals surface area contributed by atoms with E-state index in [-0.39, 0.29) is 11.1 Å². The number of aryl methyl sites for hydroxylation is 2. The Labute approximate surface area is 127 Å². The third-order valence-electron chi connectivity index (χ3n) is 3.22. The predicted octanol–water partition coefficient (Wildman–Crippen LogP) is 5.73. The van der Waals surface area contributed by atoms with Gasteiger partial charge in [0.15, 0.2) is 0 Å². The van der Waals surface area contributed by atoms with Gasteiger partial charge in [0.05, 0.1) is 0 Å². The zero-order chi connectivity index (χ0) is 15.0. The number of benzene rings is 2. The van der Waals surface area contributed by atoms with Crippen molar-refractivity contribution in [3.05, 3.63) is 70.8 Å². The van der Waals surface area contributed by atoms with Crippen molar-refractivity contribution in [2.24, 2.45) is 0 Å². The molecule has 0 heterocycles. The van der Waals surface area contributed by atoms with Crippen LogP contribution in [0.3, 0.4) is 0 Å². The number of alkyl halides is 4. The second-order valence-corrected chi connectivity index (χ2v) is 5.92. The highest BCUT2D eigenvalue weighted by Crippen LogP contribution is 2.52. The molecular weight excluding hydrogens is 301 g/mol. The number of hydrogen-bond acceptors (Lipinski definition) is 0. The SMILES string of the molecule is Cc1ccc([C@](F)(Cl)[C@](F)(Cl)c2ccc(C)cc2)cc1. The van der Waals surface area contributed by atoms with E-state index in [4.69, 9.17) is 23.2 Å². The van der Waals surface area contributed by atoms with E-state index in [1.807, 2.05) is 13.8 Å². The summed E-state index contributed by atoms with van der Waals surface area (Å²) in [6.07, 6.45) is 0. The fourth-order valence-electron chi connectivity index (χ4n) is 1.89. The highest BCUT2D eigenvalue weighted by molar-refractivity contribution is 6.33. The van der Waals surface area contributed by atoms with Gasteiger partial charge in [-0.3, -0.25) is 0 Å². The maximum atomic E-state index is 14.8. The van der Waals surface area contributed by atoms with E-state index < -0.39 is 10.3 Å². The second kappa shape index (κ2) is 5.34. The van der Waals surface area contributed by atoms with Gasteiger partial charge in [-0.2, -0.15) is 0 Å². The third kappa shape index (κ3) is 2.68. The van der Waals surface area contributed by atoms with E-state index in [1.165, 1.54) is 24.3 Å². The van der Waals surface area contributed by atoms with Gasteiger partial charge in [-0.25, -0.2) is 8.78 Å². The highest BCUT2D eigenvalue weighted by atomic mass is 35.5. The summed E-state index contributed by atoms with van der Waals surface area (Å²) in [5, 5.41) is -5.70. The molecule has 0 spiro atoms. The van der Waals surface area contributed by atoms with Crippen LogP contribution in [0.15, 0.2) is 48.5 Å². The summed E-state index contributed by atoms with van der Waals surface area (Å²) >= 11 is 11.6. The Morgan fingerprint density at radius 1 is 0.650 bits per heavy atom. The van der Waals surface area contributed by atoms with Gasteiger partial charge in [0.2, 0.25) is 0 Å². The minimum atomic E-state index is -2.85. The first-order valence-electron chi connectivity index (χ1n) is 6.15. The summed E-state index contributed by atoms with van der Waals surface area (Å²) in [6.45, 7) is 3.70. The number of rotatable bonds is 3. The van der Waals surface area contributed by atoms with Crippen LogP contribution in [0.2, 0.25) is 0 Å². The molecule has 2 atom stereocenters. The van der Waals surface area contributed by atoms with Crippen LogP contribution in [0.5, 0.6) is 0 Å². The Morgan fingerprint density at radius 2 is 0.900 bits per heavy atom. The fraction of sp³-hybridized carbons (Fsp3) is 0.250. The monoisotopic (exact) mass is 314 g/mol. The van der Waals surface area contributed by atoms with E-state index in [0.29, 0.717) is 0 Å². The Kier molecular flexibility index (Phi) is 4.08. The molecule has 0 radical (unpaired) electrons. The van der Waals surface area contributed by atoms with Gasteiger partial charge in [-0.1, -0.05) is 82.9 Å². The molecule has 2 aromatic carbocycles. The summed E-state index contributed by atoms with van der Waals surface area (Å²) in [5.41, 5.74) is 1.83. The van der Waals surface area contributed by atoms with Gasteiger partial charge in [0.25, 0.3) is 10.3 Å². The average Bonchev–Trinajstić information content (AvgIpc) is 2.39. The molecule has 0 aliphatic heterocycles. The Balaban J connectivity index is 2.45. The minimum absolute atomic E-state index is 0.0113. The first kappa shape index (κ1) is 15.3. The van der Waals surface area contributed by atoms with Crippen LogP contribution in [-0.2, 0) is 10.3 Å². The van der Waals surface area contributed by atoms with Crippen LogP contribution < -0.4 is 0 Å². The molecule has 2 rings (SSSR count). The van der Waals surface area contributed by atoms with Crippen molar-refractivity contribution >= 4 is 23.2 Å². The second-order valence-electron chi connectivity index (χ2n) is 4.88. The van der Waals surface area contributed by atoms with Crippen molar-refractivity contribution in [3.8, 4) is 0 Å². The van der Waals surface area contributed by atoms with Gasteiger partial charge in [-0.05, 0) is 13.8 Å². The molecule has 0 nitrogen and oxygen atoms in total. The molecule has 106 valence electrons. The van der Waals surface area contributed by atoms with E-state index >= 15 is 0 Å². The molecule has 0 unspecified atom stereocenters. The highest BCUT2D eigenvalue weighted by Gasteiger charge is 2.54. The van der Waals surface area contributed by atoms with Crippen molar-refractivity contribution < 1.29 is 8.78 Å². The maximum absolute atomic E-state index is 14.8. The Bertz CT molecular complexity index is 531. The molecule has 0 saturated heterocycles. The van der Waals surface area contributed by atoms with Crippen LogP contribution in [0.25, 0.3) is 0 Å². The number of hydrogen-bond donors (Lipinski definition) is 0. The molecule has 0 aliphatic carbocycles. The van der Waals surface area contributed by atoms with Crippen LogP contribution in [-0.4, -0.2) is 0 Å². The molecule has 0 fully saturated rings. The number of halogens is 4. The minimum Gasteiger partial charge on any atom is -0.215 e. The third-order valence-corrected chi connectivity index (χ3v) is 4.28. The summed E-state index contributed by atoms with van der Waals surface area (Å²) in [5.74, 6) is 0. The zero-order valence-corrected chi connectivity index (χ0v) is 12.6. The molecule has 4 heteroatoms. The molecule has 0 N–H and O–H groups in total. The van der Waals surface area contributed by atoms with Crippen LogP contribution in [0, 0.1) is 13.8 Å². The topological polar surface area (TPSA) is 0 Å². The van der Waals surface area contributed by atoms with Crippen LogP contribution in [0.4, 0.5) is 8.78 Å². The van der Waals surface area contributed by atoms with Crippen molar-refractivity contribution in [1.82, 2.24) is 0 Å². The summed E-state index contributed by atoms with van der Waals surface area (Å²) < 4.78 is 29.6. The lowest BCUT2D eigenvalue weighted by atomic mass is 9.98. The molecular formula is C16H14Cl2F2. The summed E-state index contributed by atoms with van der Waals surface area (Å²) in [4.78, 5) is 0. The standard InChI is InChI=1S/C16H14Cl2F2/c1-11-3-7-13(8-4-11)15(17,19)16(18,20)14-9-5-12(2)6-10-14/h3-10H,1-2H3/t15-,16+. The quantitative estimate of drug-likeness (QED) is 0.635. The Morgan fingerprint density at radius 3 is 1.15 bits per heavy atom. The normalized spacial score (nSPS) is 17.3. The van der Waals surface area contributed by atoms with Gasteiger partial charge >= 0.3 is 0 Å². The Hall–Kier alpha value is -1.12. The van der Waals surface area contributed by atoms with E-state index in [9.17, 15) is 8.78 Å². The molecule has 20 heavy (non-hydrogen) atoms. The van der Waals surface area contributed by atoms with Crippen molar-refractivity contribution in [3.63, 3.8) is 0 Å². The van der Waals surface area contributed by atoms with Crippen molar-refractivity contribution in [1.29, 1.82) is 0 Å². The lowest BCUT2D eigenvalue weighted by Gasteiger charge is -2.30.